The lowest BCUT2D eigenvalue weighted by Gasteiger charge is -2.20. The standard InChI is InChI=1S/C12H16N2O4/c1-13-12(16)14-7-9(15)8-2-3-10-11(6-8)18-5-4-17-10/h2-3,6,9,15H,4-5,7H2,1H3,(H2,13,14,16). The first-order valence-electron chi connectivity index (χ1n) is 5.74. The molecule has 6 heteroatoms. The summed E-state index contributed by atoms with van der Waals surface area (Å²) in [5, 5.41) is 14.9. The summed E-state index contributed by atoms with van der Waals surface area (Å²) in [7, 11) is 1.52. The molecule has 6 nitrogen and oxygen atoms in total. The van der Waals surface area contributed by atoms with Gasteiger partial charge in [0.15, 0.2) is 11.5 Å². The first kappa shape index (κ1) is 12.5. The van der Waals surface area contributed by atoms with Crippen LogP contribution in [0, 0.1) is 0 Å². The molecule has 0 aliphatic carbocycles. The van der Waals surface area contributed by atoms with Gasteiger partial charge in [0.05, 0.1) is 6.10 Å². The van der Waals surface area contributed by atoms with Crippen molar-refractivity contribution >= 4 is 6.03 Å². The van der Waals surface area contributed by atoms with Gasteiger partial charge in [-0.2, -0.15) is 0 Å². The van der Waals surface area contributed by atoms with Crippen LogP contribution in [0.15, 0.2) is 18.2 Å². The van der Waals surface area contributed by atoms with Crippen LogP contribution in [-0.2, 0) is 0 Å². The summed E-state index contributed by atoms with van der Waals surface area (Å²) in [6.07, 6.45) is -0.780. The van der Waals surface area contributed by atoms with E-state index in [1.54, 1.807) is 18.2 Å². The molecule has 0 spiro atoms. The number of amides is 2. The molecule has 98 valence electrons. The highest BCUT2D eigenvalue weighted by molar-refractivity contribution is 5.73. The van der Waals surface area contributed by atoms with E-state index in [4.69, 9.17) is 9.47 Å². The van der Waals surface area contributed by atoms with E-state index < -0.39 is 6.10 Å². The molecule has 0 saturated heterocycles. The fraction of sp³-hybridized carbons (Fsp3) is 0.417. The molecular formula is C12H16N2O4. The van der Waals surface area contributed by atoms with Gasteiger partial charge in [-0.3, -0.25) is 0 Å². The summed E-state index contributed by atoms with van der Waals surface area (Å²) >= 11 is 0. The molecule has 3 N–H and O–H groups in total. The van der Waals surface area contributed by atoms with Crippen molar-refractivity contribution in [2.75, 3.05) is 26.8 Å². The summed E-state index contributed by atoms with van der Waals surface area (Å²) in [4.78, 5) is 11.0. The minimum Gasteiger partial charge on any atom is -0.486 e. The minimum atomic E-state index is -0.780. The molecule has 1 atom stereocenters. The molecule has 1 aromatic carbocycles. The van der Waals surface area contributed by atoms with Gasteiger partial charge in [0.25, 0.3) is 0 Å². The van der Waals surface area contributed by atoms with Crippen LogP contribution in [0.4, 0.5) is 4.79 Å². The molecular weight excluding hydrogens is 236 g/mol. The Morgan fingerprint density at radius 2 is 2.11 bits per heavy atom. The molecule has 0 fully saturated rings. The molecule has 1 aliphatic rings. The Bertz CT molecular complexity index is 436. The van der Waals surface area contributed by atoms with Gasteiger partial charge in [-0.1, -0.05) is 6.07 Å². The van der Waals surface area contributed by atoms with Crippen molar-refractivity contribution in [3.05, 3.63) is 23.8 Å². The third-order valence-corrected chi connectivity index (χ3v) is 2.63. The molecule has 0 radical (unpaired) electrons. The summed E-state index contributed by atoms with van der Waals surface area (Å²) in [6, 6.07) is 4.91. The fourth-order valence-corrected chi connectivity index (χ4v) is 1.66. The maximum Gasteiger partial charge on any atom is 0.314 e. The number of ether oxygens (including phenoxy) is 2. The molecule has 0 bridgehead atoms. The van der Waals surface area contributed by atoms with Crippen LogP contribution in [-0.4, -0.2) is 37.9 Å². The molecule has 1 unspecified atom stereocenters. The van der Waals surface area contributed by atoms with Gasteiger partial charge in [-0.25, -0.2) is 4.79 Å². The average molecular weight is 252 g/mol. The van der Waals surface area contributed by atoms with Crippen LogP contribution in [0.1, 0.15) is 11.7 Å². The number of carbonyl (C=O) groups excluding carboxylic acids is 1. The van der Waals surface area contributed by atoms with Crippen LogP contribution in [0.2, 0.25) is 0 Å². The zero-order valence-corrected chi connectivity index (χ0v) is 10.1. The maximum absolute atomic E-state index is 11.0. The van der Waals surface area contributed by atoms with Crippen molar-refractivity contribution in [2.45, 2.75) is 6.10 Å². The van der Waals surface area contributed by atoms with Gasteiger partial charge >= 0.3 is 6.03 Å². The molecule has 2 amide bonds. The van der Waals surface area contributed by atoms with E-state index in [0.29, 0.717) is 30.3 Å². The predicted molar refractivity (Wildman–Crippen MR) is 64.9 cm³/mol. The Morgan fingerprint density at radius 3 is 2.83 bits per heavy atom. The summed E-state index contributed by atoms with van der Waals surface area (Å²) in [6.45, 7) is 1.18. The number of nitrogens with one attached hydrogen (secondary N) is 2. The third-order valence-electron chi connectivity index (χ3n) is 2.63. The van der Waals surface area contributed by atoms with Crippen LogP contribution in [0.25, 0.3) is 0 Å². The highest BCUT2D eigenvalue weighted by Crippen LogP contribution is 2.32. The second-order valence-corrected chi connectivity index (χ2v) is 3.88. The largest absolute Gasteiger partial charge is 0.486 e. The third kappa shape index (κ3) is 2.84. The van der Waals surface area contributed by atoms with Gasteiger partial charge in [0, 0.05) is 13.6 Å². The first-order chi connectivity index (χ1) is 8.70. The van der Waals surface area contributed by atoms with Gasteiger partial charge in [0.1, 0.15) is 13.2 Å². The van der Waals surface area contributed by atoms with Crippen molar-refractivity contribution in [3.63, 3.8) is 0 Å². The van der Waals surface area contributed by atoms with Crippen LogP contribution >= 0.6 is 0 Å². The number of aliphatic hydroxyl groups excluding tert-OH is 1. The van der Waals surface area contributed by atoms with E-state index in [2.05, 4.69) is 10.6 Å². The number of rotatable bonds is 3. The number of aliphatic hydroxyl groups is 1. The number of urea groups is 1. The molecule has 2 rings (SSSR count). The zero-order valence-electron chi connectivity index (χ0n) is 10.1. The molecule has 1 aromatic rings. The predicted octanol–water partition coefficient (Wildman–Crippen LogP) is 0.420. The van der Waals surface area contributed by atoms with Crippen LogP contribution in [0.3, 0.4) is 0 Å². The lowest BCUT2D eigenvalue weighted by molar-refractivity contribution is 0.163. The summed E-state index contributed by atoms with van der Waals surface area (Å²) in [5.41, 5.74) is 0.677. The number of carbonyl (C=O) groups is 1. The van der Waals surface area contributed by atoms with Crippen molar-refractivity contribution in [1.29, 1.82) is 0 Å². The van der Waals surface area contributed by atoms with E-state index in [9.17, 15) is 9.90 Å². The molecule has 18 heavy (non-hydrogen) atoms. The molecule has 1 heterocycles. The topological polar surface area (TPSA) is 79.8 Å². The average Bonchev–Trinajstić information content (AvgIpc) is 2.43. The second kappa shape index (κ2) is 5.59. The Morgan fingerprint density at radius 1 is 1.39 bits per heavy atom. The Balaban J connectivity index is 2.01. The lowest BCUT2D eigenvalue weighted by atomic mass is 10.1. The van der Waals surface area contributed by atoms with E-state index in [0.717, 1.165) is 0 Å². The second-order valence-electron chi connectivity index (χ2n) is 3.88. The van der Waals surface area contributed by atoms with Gasteiger partial charge < -0.3 is 25.2 Å². The number of hydrogen-bond acceptors (Lipinski definition) is 4. The summed E-state index contributed by atoms with van der Waals surface area (Å²) in [5.74, 6) is 1.30. The monoisotopic (exact) mass is 252 g/mol. The Labute approximate surface area is 105 Å². The Kier molecular flexibility index (Phi) is 3.88. The van der Waals surface area contributed by atoms with E-state index >= 15 is 0 Å². The van der Waals surface area contributed by atoms with Crippen molar-refractivity contribution in [3.8, 4) is 11.5 Å². The number of fused-ring (bicyclic) bond motifs is 1. The quantitative estimate of drug-likeness (QED) is 0.728. The summed E-state index contributed by atoms with van der Waals surface area (Å²) < 4.78 is 10.8. The Hall–Kier alpha value is -1.95. The van der Waals surface area contributed by atoms with Crippen LogP contribution < -0.4 is 20.1 Å². The highest BCUT2D eigenvalue weighted by Gasteiger charge is 2.15. The minimum absolute atomic E-state index is 0.138. The van der Waals surface area contributed by atoms with E-state index in [1.807, 2.05) is 0 Å². The molecule has 0 saturated carbocycles. The number of benzene rings is 1. The maximum atomic E-state index is 11.0. The zero-order chi connectivity index (χ0) is 13.0. The van der Waals surface area contributed by atoms with E-state index in [-0.39, 0.29) is 12.6 Å². The van der Waals surface area contributed by atoms with Crippen molar-refractivity contribution in [2.24, 2.45) is 0 Å². The van der Waals surface area contributed by atoms with Crippen molar-refractivity contribution in [1.82, 2.24) is 10.6 Å². The first-order valence-corrected chi connectivity index (χ1v) is 5.74. The van der Waals surface area contributed by atoms with Gasteiger partial charge in [0.2, 0.25) is 0 Å². The van der Waals surface area contributed by atoms with E-state index in [1.165, 1.54) is 7.05 Å². The SMILES string of the molecule is CNC(=O)NCC(O)c1ccc2c(c1)OCCO2. The molecule has 1 aliphatic heterocycles. The lowest BCUT2D eigenvalue weighted by Crippen LogP contribution is -2.35. The molecule has 0 aromatic heterocycles. The van der Waals surface area contributed by atoms with Gasteiger partial charge in [-0.05, 0) is 17.7 Å². The fourth-order valence-electron chi connectivity index (χ4n) is 1.66. The van der Waals surface area contributed by atoms with Crippen molar-refractivity contribution < 1.29 is 19.4 Å². The van der Waals surface area contributed by atoms with Crippen LogP contribution in [0.5, 0.6) is 11.5 Å². The number of hydrogen-bond donors (Lipinski definition) is 3. The van der Waals surface area contributed by atoms with Gasteiger partial charge in [-0.15, -0.1) is 0 Å². The smallest absolute Gasteiger partial charge is 0.314 e. The highest BCUT2D eigenvalue weighted by atomic mass is 16.6. The normalized spacial score (nSPS) is 14.8.